The predicted molar refractivity (Wildman–Crippen MR) is 92.4 cm³/mol. The van der Waals surface area contributed by atoms with Gasteiger partial charge in [0.2, 0.25) is 5.91 Å². The summed E-state index contributed by atoms with van der Waals surface area (Å²) in [5.41, 5.74) is 1.72. The number of aryl methyl sites for hydroxylation is 1. The number of carbonyl (C=O) groups excluding carboxylic acids is 1. The monoisotopic (exact) mass is 348 g/mol. The van der Waals surface area contributed by atoms with Gasteiger partial charge in [-0.05, 0) is 38.1 Å². The third-order valence-corrected chi connectivity index (χ3v) is 5.11. The lowest BCUT2D eigenvalue weighted by Crippen LogP contribution is -2.52. The van der Waals surface area contributed by atoms with E-state index in [9.17, 15) is 9.18 Å². The molecule has 2 heterocycles. The Morgan fingerprint density at radius 2 is 1.96 bits per heavy atom. The van der Waals surface area contributed by atoms with Crippen molar-refractivity contribution in [1.82, 2.24) is 9.88 Å². The molecular weight excluding hydrogens is 327 g/mol. The van der Waals surface area contributed by atoms with E-state index in [0.717, 1.165) is 16.3 Å². The van der Waals surface area contributed by atoms with Gasteiger partial charge in [0.05, 0.1) is 36.0 Å². The van der Waals surface area contributed by atoms with Crippen LogP contribution in [0.4, 0.5) is 4.39 Å². The van der Waals surface area contributed by atoms with Gasteiger partial charge in [-0.2, -0.15) is 0 Å². The normalized spacial score (nSPS) is 21.0. The average molecular weight is 348 g/mol. The van der Waals surface area contributed by atoms with Crippen molar-refractivity contribution in [3.05, 3.63) is 40.5 Å². The number of amides is 1. The number of aromatic nitrogens is 1. The van der Waals surface area contributed by atoms with Gasteiger partial charge in [0, 0.05) is 23.8 Å². The molecule has 0 bridgehead atoms. The third kappa shape index (κ3) is 3.82. The standard InChI is InChI=1S/C18H21FN2O2S/c1-12-9-23-10-13(2)21(12)18(22)8-7-17-20-16(11-24-17)14-3-5-15(19)6-4-14/h3-6,11-13H,7-10H2,1-2H3. The molecule has 2 unspecified atom stereocenters. The largest absolute Gasteiger partial charge is 0.377 e. The lowest BCUT2D eigenvalue weighted by molar-refractivity contribution is -0.144. The van der Waals surface area contributed by atoms with Gasteiger partial charge >= 0.3 is 0 Å². The van der Waals surface area contributed by atoms with E-state index in [4.69, 9.17) is 4.74 Å². The molecule has 1 aromatic carbocycles. The van der Waals surface area contributed by atoms with Crippen LogP contribution >= 0.6 is 11.3 Å². The van der Waals surface area contributed by atoms with Crippen molar-refractivity contribution in [2.75, 3.05) is 13.2 Å². The van der Waals surface area contributed by atoms with Crippen molar-refractivity contribution in [1.29, 1.82) is 0 Å². The first-order chi connectivity index (χ1) is 11.5. The van der Waals surface area contributed by atoms with E-state index in [2.05, 4.69) is 4.98 Å². The highest BCUT2D eigenvalue weighted by Crippen LogP contribution is 2.23. The summed E-state index contributed by atoms with van der Waals surface area (Å²) in [4.78, 5) is 19.0. The zero-order chi connectivity index (χ0) is 17.1. The number of carbonyl (C=O) groups is 1. The summed E-state index contributed by atoms with van der Waals surface area (Å²) >= 11 is 1.54. The molecule has 3 rings (SSSR count). The Morgan fingerprint density at radius 1 is 1.29 bits per heavy atom. The van der Waals surface area contributed by atoms with Crippen LogP contribution in [0.5, 0.6) is 0 Å². The topological polar surface area (TPSA) is 42.4 Å². The molecule has 0 aliphatic carbocycles. The lowest BCUT2D eigenvalue weighted by Gasteiger charge is -2.38. The van der Waals surface area contributed by atoms with Crippen LogP contribution in [0.3, 0.4) is 0 Å². The van der Waals surface area contributed by atoms with Crippen LogP contribution in [-0.4, -0.2) is 41.1 Å². The first-order valence-electron chi connectivity index (χ1n) is 8.14. The average Bonchev–Trinajstić information content (AvgIpc) is 3.02. The summed E-state index contributed by atoms with van der Waals surface area (Å²) < 4.78 is 18.5. The number of hydrogen-bond acceptors (Lipinski definition) is 4. The Bertz CT molecular complexity index is 691. The van der Waals surface area contributed by atoms with Gasteiger partial charge in [-0.1, -0.05) is 0 Å². The summed E-state index contributed by atoms with van der Waals surface area (Å²) in [6, 6.07) is 6.53. The van der Waals surface area contributed by atoms with E-state index in [0.29, 0.717) is 26.1 Å². The van der Waals surface area contributed by atoms with Gasteiger partial charge in [-0.15, -0.1) is 11.3 Å². The molecule has 2 aromatic rings. The van der Waals surface area contributed by atoms with Crippen LogP contribution in [-0.2, 0) is 16.0 Å². The SMILES string of the molecule is CC1COCC(C)N1C(=O)CCc1nc(-c2ccc(F)cc2)cs1. The van der Waals surface area contributed by atoms with Gasteiger partial charge in [0.25, 0.3) is 0 Å². The van der Waals surface area contributed by atoms with Crippen molar-refractivity contribution < 1.29 is 13.9 Å². The molecule has 0 spiro atoms. The van der Waals surface area contributed by atoms with Gasteiger partial charge < -0.3 is 9.64 Å². The van der Waals surface area contributed by atoms with Gasteiger partial charge in [0.1, 0.15) is 5.82 Å². The van der Waals surface area contributed by atoms with Crippen molar-refractivity contribution >= 4 is 17.2 Å². The van der Waals surface area contributed by atoms with Crippen molar-refractivity contribution in [2.24, 2.45) is 0 Å². The highest BCUT2D eigenvalue weighted by atomic mass is 32.1. The molecule has 1 aliphatic rings. The summed E-state index contributed by atoms with van der Waals surface area (Å²) in [7, 11) is 0. The number of thiazole rings is 1. The maximum Gasteiger partial charge on any atom is 0.223 e. The second-order valence-corrected chi connectivity index (χ2v) is 7.11. The number of halogens is 1. The van der Waals surface area contributed by atoms with Crippen molar-refractivity contribution in [3.63, 3.8) is 0 Å². The predicted octanol–water partition coefficient (Wildman–Crippen LogP) is 3.52. The third-order valence-electron chi connectivity index (χ3n) is 4.20. The Kier molecular flexibility index (Phi) is 5.26. The lowest BCUT2D eigenvalue weighted by atomic mass is 10.1. The van der Waals surface area contributed by atoms with Gasteiger partial charge in [-0.3, -0.25) is 4.79 Å². The highest BCUT2D eigenvalue weighted by molar-refractivity contribution is 7.09. The first-order valence-corrected chi connectivity index (χ1v) is 9.02. The number of morpholine rings is 1. The van der Waals surface area contributed by atoms with Gasteiger partial charge in [-0.25, -0.2) is 9.37 Å². The molecule has 24 heavy (non-hydrogen) atoms. The first kappa shape index (κ1) is 17.0. The Balaban J connectivity index is 1.61. The fourth-order valence-electron chi connectivity index (χ4n) is 3.02. The molecule has 4 nitrogen and oxygen atoms in total. The molecule has 0 saturated carbocycles. The maximum absolute atomic E-state index is 13.0. The van der Waals surface area contributed by atoms with Crippen LogP contribution in [0.1, 0.15) is 25.3 Å². The second-order valence-electron chi connectivity index (χ2n) is 6.17. The summed E-state index contributed by atoms with van der Waals surface area (Å²) in [5.74, 6) is -0.106. The zero-order valence-electron chi connectivity index (χ0n) is 13.9. The maximum atomic E-state index is 13.0. The van der Waals surface area contributed by atoms with E-state index in [1.54, 1.807) is 12.1 Å². The van der Waals surface area contributed by atoms with Gasteiger partial charge in [0.15, 0.2) is 0 Å². The summed E-state index contributed by atoms with van der Waals surface area (Å²) in [5, 5.41) is 2.88. The zero-order valence-corrected chi connectivity index (χ0v) is 14.7. The Hall–Kier alpha value is -1.79. The van der Waals surface area contributed by atoms with E-state index in [-0.39, 0.29) is 23.8 Å². The molecule has 0 N–H and O–H groups in total. The van der Waals surface area contributed by atoms with Crippen LogP contribution in [0.15, 0.2) is 29.6 Å². The second kappa shape index (κ2) is 7.40. The molecule has 1 amide bonds. The Morgan fingerprint density at radius 3 is 2.62 bits per heavy atom. The molecule has 2 atom stereocenters. The van der Waals surface area contributed by atoms with E-state index in [1.165, 1.54) is 23.5 Å². The molecule has 1 aliphatic heterocycles. The van der Waals surface area contributed by atoms with Crippen molar-refractivity contribution in [2.45, 2.75) is 38.8 Å². The molecule has 0 radical (unpaired) electrons. The van der Waals surface area contributed by atoms with Crippen LogP contribution in [0.2, 0.25) is 0 Å². The van der Waals surface area contributed by atoms with Crippen LogP contribution < -0.4 is 0 Å². The Labute approximate surface area is 145 Å². The molecule has 1 saturated heterocycles. The number of ether oxygens (including phenoxy) is 1. The molecule has 128 valence electrons. The van der Waals surface area contributed by atoms with E-state index >= 15 is 0 Å². The van der Waals surface area contributed by atoms with Crippen LogP contribution in [0.25, 0.3) is 11.3 Å². The quantitative estimate of drug-likeness (QED) is 0.849. The fourth-order valence-corrected chi connectivity index (χ4v) is 3.83. The molecular formula is C18H21FN2O2S. The van der Waals surface area contributed by atoms with E-state index < -0.39 is 0 Å². The minimum atomic E-state index is -0.256. The number of nitrogens with zero attached hydrogens (tertiary/aromatic N) is 2. The fraction of sp³-hybridized carbons (Fsp3) is 0.444. The van der Waals surface area contributed by atoms with Crippen molar-refractivity contribution in [3.8, 4) is 11.3 Å². The molecule has 6 heteroatoms. The number of benzene rings is 1. The minimum absolute atomic E-state index is 0.118. The summed E-state index contributed by atoms with van der Waals surface area (Å²) in [6.45, 7) is 5.23. The molecule has 1 fully saturated rings. The number of hydrogen-bond donors (Lipinski definition) is 0. The smallest absolute Gasteiger partial charge is 0.223 e. The van der Waals surface area contributed by atoms with E-state index in [1.807, 2.05) is 24.1 Å². The van der Waals surface area contributed by atoms with Crippen LogP contribution in [0, 0.1) is 5.82 Å². The highest BCUT2D eigenvalue weighted by Gasteiger charge is 2.29. The molecule has 1 aromatic heterocycles. The number of rotatable bonds is 4. The minimum Gasteiger partial charge on any atom is -0.377 e. The summed E-state index contributed by atoms with van der Waals surface area (Å²) in [6.07, 6.45) is 1.08.